The lowest BCUT2D eigenvalue weighted by molar-refractivity contribution is -0.00549. The maximum Gasteiger partial charge on any atom is 0.232 e. The number of rotatable bonds is 5. The van der Waals surface area contributed by atoms with Crippen LogP contribution in [0.3, 0.4) is 0 Å². The van der Waals surface area contributed by atoms with Gasteiger partial charge in [0.05, 0.1) is 37.4 Å². The summed E-state index contributed by atoms with van der Waals surface area (Å²) in [6.07, 6.45) is 5.10. The number of nitrogens with two attached hydrogens (primary N) is 1. The molecule has 1 aliphatic carbocycles. The fraction of sp³-hybridized carbons (Fsp3) is 0.846. The molecule has 0 radical (unpaired) electrons. The molecule has 3 atom stereocenters. The van der Waals surface area contributed by atoms with Gasteiger partial charge in [-0.3, -0.25) is 0 Å². The van der Waals surface area contributed by atoms with Crippen molar-refractivity contribution in [2.45, 2.75) is 56.8 Å². The van der Waals surface area contributed by atoms with Crippen molar-refractivity contribution in [2.24, 2.45) is 5.73 Å². The van der Waals surface area contributed by atoms with Gasteiger partial charge in [-0.15, -0.1) is 0 Å². The van der Waals surface area contributed by atoms with Crippen molar-refractivity contribution >= 4 is 0 Å². The molecule has 1 saturated carbocycles. The quantitative estimate of drug-likeness (QED) is 0.871. The van der Waals surface area contributed by atoms with E-state index in [0.717, 1.165) is 19.3 Å². The van der Waals surface area contributed by atoms with E-state index in [1.54, 1.807) is 0 Å². The molecule has 106 valence electrons. The van der Waals surface area contributed by atoms with E-state index in [4.69, 9.17) is 19.7 Å². The largest absolute Gasteiger partial charge is 0.378 e. The Morgan fingerprint density at radius 3 is 2.95 bits per heavy atom. The Labute approximate surface area is 112 Å². The highest BCUT2D eigenvalue weighted by Crippen LogP contribution is 2.28. The number of ether oxygens (including phenoxy) is 2. The van der Waals surface area contributed by atoms with Crippen LogP contribution in [0.15, 0.2) is 4.52 Å². The van der Waals surface area contributed by atoms with E-state index in [1.165, 1.54) is 6.42 Å². The molecule has 2 heterocycles. The van der Waals surface area contributed by atoms with E-state index >= 15 is 0 Å². The van der Waals surface area contributed by atoms with Crippen molar-refractivity contribution in [1.29, 1.82) is 0 Å². The first-order valence-electron chi connectivity index (χ1n) is 7.04. The zero-order chi connectivity index (χ0) is 13.2. The predicted molar refractivity (Wildman–Crippen MR) is 67.6 cm³/mol. The van der Waals surface area contributed by atoms with Crippen LogP contribution in [0.5, 0.6) is 0 Å². The van der Waals surface area contributed by atoms with Gasteiger partial charge in [0.2, 0.25) is 5.89 Å². The van der Waals surface area contributed by atoms with Crippen LogP contribution in [0.2, 0.25) is 0 Å². The third-order valence-electron chi connectivity index (χ3n) is 3.90. The predicted octanol–water partition coefficient (Wildman–Crippen LogP) is 1.53. The summed E-state index contributed by atoms with van der Waals surface area (Å²) in [6.45, 7) is 3.16. The molecule has 6 heteroatoms. The van der Waals surface area contributed by atoms with Crippen LogP contribution in [-0.4, -0.2) is 35.6 Å². The molecule has 1 aliphatic heterocycles. The molecular formula is C13H21N3O3. The first-order valence-corrected chi connectivity index (χ1v) is 7.04. The molecule has 0 bridgehead atoms. The third-order valence-corrected chi connectivity index (χ3v) is 3.90. The van der Waals surface area contributed by atoms with E-state index in [2.05, 4.69) is 17.1 Å². The highest BCUT2D eigenvalue weighted by Gasteiger charge is 2.29. The van der Waals surface area contributed by atoms with Crippen LogP contribution >= 0.6 is 0 Å². The number of aromatic nitrogens is 2. The number of hydrogen-bond acceptors (Lipinski definition) is 6. The summed E-state index contributed by atoms with van der Waals surface area (Å²) in [5, 5.41) is 3.96. The fourth-order valence-corrected chi connectivity index (χ4v) is 2.40. The molecule has 1 aromatic rings. The van der Waals surface area contributed by atoms with Crippen LogP contribution in [0.4, 0.5) is 0 Å². The van der Waals surface area contributed by atoms with Crippen molar-refractivity contribution in [1.82, 2.24) is 10.1 Å². The molecular weight excluding hydrogens is 246 g/mol. The molecule has 3 unspecified atom stereocenters. The molecule has 0 aromatic carbocycles. The number of nitrogens with zero attached hydrogens (tertiary/aromatic N) is 2. The minimum atomic E-state index is -0.308. The van der Waals surface area contributed by atoms with E-state index in [0.29, 0.717) is 31.0 Å². The summed E-state index contributed by atoms with van der Waals surface area (Å²) >= 11 is 0. The molecule has 0 amide bonds. The van der Waals surface area contributed by atoms with Crippen molar-refractivity contribution in [3.63, 3.8) is 0 Å². The van der Waals surface area contributed by atoms with Gasteiger partial charge in [0.15, 0.2) is 5.82 Å². The minimum absolute atomic E-state index is 0.205. The van der Waals surface area contributed by atoms with Gasteiger partial charge in [-0.1, -0.05) is 5.16 Å². The first-order chi connectivity index (χ1) is 9.22. The van der Waals surface area contributed by atoms with E-state index in [-0.39, 0.29) is 18.1 Å². The summed E-state index contributed by atoms with van der Waals surface area (Å²) in [5.74, 6) is 1.38. The Kier molecular flexibility index (Phi) is 3.81. The smallest absolute Gasteiger partial charge is 0.232 e. The average molecular weight is 267 g/mol. The average Bonchev–Trinajstić information content (AvgIpc) is 2.94. The lowest BCUT2D eigenvalue weighted by Crippen LogP contribution is -2.27. The summed E-state index contributed by atoms with van der Waals surface area (Å²) in [6, 6.07) is -0.308. The third kappa shape index (κ3) is 2.96. The summed E-state index contributed by atoms with van der Waals surface area (Å²) in [4.78, 5) is 4.39. The Morgan fingerprint density at radius 2 is 2.32 bits per heavy atom. The molecule has 2 fully saturated rings. The lowest BCUT2D eigenvalue weighted by atomic mass is 9.96. The zero-order valence-electron chi connectivity index (χ0n) is 11.2. The van der Waals surface area contributed by atoms with Gasteiger partial charge in [0.1, 0.15) is 0 Å². The highest BCUT2D eigenvalue weighted by molar-refractivity contribution is 5.00. The lowest BCUT2D eigenvalue weighted by Gasteiger charge is -2.26. The zero-order valence-corrected chi connectivity index (χ0v) is 11.2. The second-order valence-corrected chi connectivity index (χ2v) is 5.56. The van der Waals surface area contributed by atoms with Crippen LogP contribution in [0.1, 0.15) is 56.3 Å². The fourth-order valence-electron chi connectivity index (χ4n) is 2.40. The van der Waals surface area contributed by atoms with Gasteiger partial charge >= 0.3 is 0 Å². The minimum Gasteiger partial charge on any atom is -0.378 e. The van der Waals surface area contributed by atoms with Gasteiger partial charge in [0, 0.05) is 0 Å². The molecule has 1 aromatic heterocycles. The Hall–Kier alpha value is -0.980. The van der Waals surface area contributed by atoms with Crippen molar-refractivity contribution in [2.75, 3.05) is 13.2 Å². The van der Waals surface area contributed by atoms with Crippen LogP contribution in [-0.2, 0) is 9.47 Å². The van der Waals surface area contributed by atoms with Crippen LogP contribution < -0.4 is 5.73 Å². The van der Waals surface area contributed by atoms with Crippen molar-refractivity contribution in [3.05, 3.63) is 11.7 Å². The van der Waals surface area contributed by atoms with Crippen molar-refractivity contribution < 1.29 is 14.0 Å². The van der Waals surface area contributed by atoms with E-state index < -0.39 is 0 Å². The molecule has 1 saturated heterocycles. The Balaban J connectivity index is 1.54. The van der Waals surface area contributed by atoms with E-state index in [9.17, 15) is 0 Å². The van der Waals surface area contributed by atoms with Crippen molar-refractivity contribution in [3.8, 4) is 0 Å². The summed E-state index contributed by atoms with van der Waals surface area (Å²) in [7, 11) is 0. The molecule has 0 spiro atoms. The van der Waals surface area contributed by atoms with Crippen LogP contribution in [0.25, 0.3) is 0 Å². The molecule has 2 N–H and O–H groups in total. The summed E-state index contributed by atoms with van der Waals surface area (Å²) < 4.78 is 16.5. The maximum absolute atomic E-state index is 6.02. The molecule has 6 nitrogen and oxygen atoms in total. The Bertz CT molecular complexity index is 419. The number of hydrogen-bond donors (Lipinski definition) is 1. The molecule has 2 aliphatic rings. The van der Waals surface area contributed by atoms with Gasteiger partial charge in [-0.05, 0) is 32.6 Å². The Morgan fingerprint density at radius 1 is 1.47 bits per heavy atom. The van der Waals surface area contributed by atoms with Gasteiger partial charge in [0.25, 0.3) is 0 Å². The second kappa shape index (κ2) is 5.56. The highest BCUT2D eigenvalue weighted by atomic mass is 16.5. The normalized spacial score (nSPS) is 29.4. The van der Waals surface area contributed by atoms with Crippen LogP contribution in [0, 0.1) is 0 Å². The topological polar surface area (TPSA) is 83.4 Å². The summed E-state index contributed by atoms with van der Waals surface area (Å²) in [5.41, 5.74) is 6.02. The molecule has 3 rings (SSSR count). The first kappa shape index (κ1) is 13.0. The van der Waals surface area contributed by atoms with Gasteiger partial charge in [-0.2, -0.15) is 4.98 Å². The SMILES string of the molecule is CC1CC(c2nc(C(N)COC3CCC3)no2)CO1. The van der Waals surface area contributed by atoms with Gasteiger partial charge in [-0.25, -0.2) is 0 Å². The maximum atomic E-state index is 6.02. The van der Waals surface area contributed by atoms with E-state index in [1.807, 2.05) is 0 Å². The monoisotopic (exact) mass is 267 g/mol. The standard InChI is InChI=1S/C13H21N3O3/c1-8-5-9(6-17-8)13-15-12(16-19-13)11(14)7-18-10-3-2-4-10/h8-11H,2-7,14H2,1H3. The second-order valence-electron chi connectivity index (χ2n) is 5.56. The van der Waals surface area contributed by atoms with Gasteiger partial charge < -0.3 is 19.7 Å². The molecule has 19 heavy (non-hydrogen) atoms.